The molecule has 0 aromatic carbocycles. The minimum Gasteiger partial charge on any atom is -0.480 e. The van der Waals surface area contributed by atoms with Crippen molar-refractivity contribution >= 4 is 23.5 Å². The van der Waals surface area contributed by atoms with Gasteiger partial charge in [-0.1, -0.05) is 11.6 Å². The van der Waals surface area contributed by atoms with Gasteiger partial charge in [-0.05, 0) is 6.92 Å². The molecule has 19 heavy (non-hydrogen) atoms. The first-order valence-electron chi connectivity index (χ1n) is 5.81. The average Bonchev–Trinajstić information content (AvgIpc) is 2.56. The minimum atomic E-state index is -0.963. The van der Waals surface area contributed by atoms with E-state index in [1.54, 1.807) is 23.6 Å². The Morgan fingerprint density at radius 2 is 2.32 bits per heavy atom. The molecule has 1 atom stereocenters. The summed E-state index contributed by atoms with van der Waals surface area (Å²) < 4.78 is 1.61. The summed E-state index contributed by atoms with van der Waals surface area (Å²) in [5.74, 6) is -1.15. The quantitative estimate of drug-likeness (QED) is 0.801. The van der Waals surface area contributed by atoms with Gasteiger partial charge in [-0.15, -0.1) is 0 Å². The van der Waals surface area contributed by atoms with Crippen molar-refractivity contribution in [3.05, 3.63) is 16.4 Å². The third kappa shape index (κ3) is 2.71. The number of carbonyl (C=O) groups is 2. The first kappa shape index (κ1) is 13.8. The molecule has 1 aromatic rings. The number of aromatic nitrogens is 2. The lowest BCUT2D eigenvalue weighted by molar-refractivity contribution is -0.146. The van der Waals surface area contributed by atoms with E-state index in [9.17, 15) is 9.59 Å². The maximum atomic E-state index is 11.4. The van der Waals surface area contributed by atoms with Crippen molar-refractivity contribution in [1.82, 2.24) is 20.0 Å². The number of rotatable bonds is 3. The number of piperazine rings is 1. The number of nitrogens with one attached hydrogen (secondary N) is 1. The van der Waals surface area contributed by atoms with Gasteiger partial charge in [0.25, 0.3) is 0 Å². The molecule has 1 amide bonds. The smallest absolute Gasteiger partial charge is 0.322 e. The summed E-state index contributed by atoms with van der Waals surface area (Å²) in [6.07, 6.45) is 0. The summed E-state index contributed by atoms with van der Waals surface area (Å²) in [5.41, 5.74) is 1.40. The molecule has 1 aliphatic rings. The maximum absolute atomic E-state index is 11.4. The first-order chi connectivity index (χ1) is 8.90. The number of nitrogens with zero attached hydrogens (tertiary/aromatic N) is 3. The third-order valence-corrected chi connectivity index (χ3v) is 3.67. The van der Waals surface area contributed by atoms with Crippen molar-refractivity contribution in [2.24, 2.45) is 7.05 Å². The fourth-order valence-corrected chi connectivity index (χ4v) is 2.36. The number of carboxylic acid groups (broad SMARTS) is 1. The Labute approximate surface area is 115 Å². The maximum Gasteiger partial charge on any atom is 0.322 e. The van der Waals surface area contributed by atoms with Gasteiger partial charge >= 0.3 is 5.97 Å². The summed E-state index contributed by atoms with van der Waals surface area (Å²) in [6, 6.07) is -0.746. The number of halogens is 1. The first-order valence-corrected chi connectivity index (χ1v) is 6.19. The SMILES string of the molecule is Cc1nn(C)c(CN2CC(=O)NCC2C(=O)O)c1Cl. The van der Waals surface area contributed by atoms with Crippen molar-refractivity contribution in [2.75, 3.05) is 13.1 Å². The Morgan fingerprint density at radius 3 is 2.84 bits per heavy atom. The van der Waals surface area contributed by atoms with Gasteiger partial charge in [-0.2, -0.15) is 5.10 Å². The van der Waals surface area contributed by atoms with Gasteiger partial charge in [-0.25, -0.2) is 0 Å². The van der Waals surface area contributed by atoms with E-state index in [2.05, 4.69) is 10.4 Å². The molecule has 104 valence electrons. The van der Waals surface area contributed by atoms with Crippen molar-refractivity contribution in [3.63, 3.8) is 0 Å². The highest BCUT2D eigenvalue weighted by atomic mass is 35.5. The summed E-state index contributed by atoms with van der Waals surface area (Å²) in [4.78, 5) is 24.2. The van der Waals surface area contributed by atoms with E-state index >= 15 is 0 Å². The molecular formula is C11H15ClN4O3. The molecule has 0 aliphatic carbocycles. The second kappa shape index (κ2) is 5.18. The second-order valence-electron chi connectivity index (χ2n) is 4.53. The molecule has 0 bridgehead atoms. The normalized spacial score (nSPS) is 20.4. The lowest BCUT2D eigenvalue weighted by Crippen LogP contribution is -2.57. The van der Waals surface area contributed by atoms with Crippen LogP contribution >= 0.6 is 11.6 Å². The Bertz CT molecular complexity index is 528. The minimum absolute atomic E-state index is 0.0392. The summed E-state index contributed by atoms with van der Waals surface area (Å²) in [5, 5.41) is 16.4. The molecule has 0 saturated carbocycles. The fraction of sp³-hybridized carbons (Fsp3) is 0.545. The number of aliphatic carboxylic acids is 1. The molecule has 1 fully saturated rings. The van der Waals surface area contributed by atoms with E-state index in [4.69, 9.17) is 16.7 Å². The molecule has 0 spiro atoms. The van der Waals surface area contributed by atoms with Crippen LogP contribution in [0.3, 0.4) is 0 Å². The summed E-state index contributed by atoms with van der Waals surface area (Å²) in [6.45, 7) is 2.20. The number of carboxylic acids is 1. The highest BCUT2D eigenvalue weighted by molar-refractivity contribution is 6.31. The number of aryl methyl sites for hydroxylation is 2. The molecule has 1 aromatic heterocycles. The Kier molecular flexibility index (Phi) is 3.77. The average molecular weight is 287 g/mol. The van der Waals surface area contributed by atoms with Gasteiger partial charge in [0, 0.05) is 20.1 Å². The van der Waals surface area contributed by atoms with Crippen molar-refractivity contribution in [1.29, 1.82) is 0 Å². The van der Waals surface area contributed by atoms with Crippen LogP contribution in [0.25, 0.3) is 0 Å². The Balaban J connectivity index is 2.23. The van der Waals surface area contributed by atoms with E-state index in [1.165, 1.54) is 0 Å². The van der Waals surface area contributed by atoms with Crippen LogP contribution in [-0.2, 0) is 23.2 Å². The van der Waals surface area contributed by atoms with Crippen LogP contribution in [0.5, 0.6) is 0 Å². The Hall–Kier alpha value is -1.60. The highest BCUT2D eigenvalue weighted by Gasteiger charge is 2.32. The van der Waals surface area contributed by atoms with E-state index in [0.717, 1.165) is 0 Å². The van der Waals surface area contributed by atoms with Gasteiger partial charge in [0.15, 0.2) is 0 Å². The van der Waals surface area contributed by atoms with E-state index in [0.29, 0.717) is 16.4 Å². The number of hydrogen-bond acceptors (Lipinski definition) is 4. The predicted octanol–water partition coefficient (Wildman–Crippen LogP) is -0.233. The van der Waals surface area contributed by atoms with Gasteiger partial charge in [-0.3, -0.25) is 19.2 Å². The number of carbonyl (C=O) groups excluding carboxylic acids is 1. The third-order valence-electron chi connectivity index (χ3n) is 3.18. The summed E-state index contributed by atoms with van der Waals surface area (Å²) in [7, 11) is 1.74. The monoisotopic (exact) mass is 286 g/mol. The van der Waals surface area contributed by atoms with Crippen LogP contribution in [0.4, 0.5) is 0 Å². The molecule has 2 rings (SSSR count). The van der Waals surface area contributed by atoms with Crippen molar-refractivity contribution in [3.8, 4) is 0 Å². The molecule has 2 heterocycles. The van der Waals surface area contributed by atoms with E-state index in [-0.39, 0.29) is 25.5 Å². The number of amides is 1. The van der Waals surface area contributed by atoms with Gasteiger partial charge in [0.05, 0.1) is 23.0 Å². The van der Waals surface area contributed by atoms with Crippen LogP contribution in [0.2, 0.25) is 5.02 Å². The molecule has 8 heteroatoms. The Morgan fingerprint density at radius 1 is 1.63 bits per heavy atom. The number of hydrogen-bond donors (Lipinski definition) is 2. The van der Waals surface area contributed by atoms with Crippen LogP contribution in [0, 0.1) is 6.92 Å². The van der Waals surface area contributed by atoms with Gasteiger partial charge in [0.2, 0.25) is 5.91 Å². The second-order valence-corrected chi connectivity index (χ2v) is 4.91. The fourth-order valence-electron chi connectivity index (χ4n) is 2.14. The van der Waals surface area contributed by atoms with Crippen molar-refractivity contribution in [2.45, 2.75) is 19.5 Å². The lowest BCUT2D eigenvalue weighted by atomic mass is 10.1. The van der Waals surface area contributed by atoms with E-state index in [1.807, 2.05) is 0 Å². The molecule has 2 N–H and O–H groups in total. The topological polar surface area (TPSA) is 87.5 Å². The van der Waals surface area contributed by atoms with Gasteiger partial charge < -0.3 is 10.4 Å². The van der Waals surface area contributed by atoms with Crippen molar-refractivity contribution < 1.29 is 14.7 Å². The zero-order chi connectivity index (χ0) is 14.2. The highest BCUT2D eigenvalue weighted by Crippen LogP contribution is 2.22. The molecule has 1 aliphatic heterocycles. The summed E-state index contributed by atoms with van der Waals surface area (Å²) >= 11 is 6.14. The molecular weight excluding hydrogens is 272 g/mol. The zero-order valence-corrected chi connectivity index (χ0v) is 11.4. The van der Waals surface area contributed by atoms with E-state index < -0.39 is 12.0 Å². The predicted molar refractivity (Wildman–Crippen MR) is 67.8 cm³/mol. The lowest BCUT2D eigenvalue weighted by Gasteiger charge is -2.32. The molecule has 7 nitrogen and oxygen atoms in total. The standard InChI is InChI=1S/C11H15ClN4O3/c1-6-10(12)8(15(2)14-6)4-16-5-9(17)13-3-7(16)11(18)19/h7H,3-5H2,1-2H3,(H,13,17)(H,18,19). The van der Waals surface area contributed by atoms with Crippen LogP contribution in [0.1, 0.15) is 11.4 Å². The molecule has 1 unspecified atom stereocenters. The van der Waals surface area contributed by atoms with Crippen LogP contribution < -0.4 is 5.32 Å². The largest absolute Gasteiger partial charge is 0.480 e. The molecule has 1 saturated heterocycles. The van der Waals surface area contributed by atoms with Crippen LogP contribution in [-0.4, -0.2) is 50.8 Å². The zero-order valence-electron chi connectivity index (χ0n) is 10.7. The molecule has 0 radical (unpaired) electrons. The van der Waals surface area contributed by atoms with Gasteiger partial charge in [0.1, 0.15) is 6.04 Å². The van der Waals surface area contributed by atoms with Crippen LogP contribution in [0.15, 0.2) is 0 Å².